The summed E-state index contributed by atoms with van der Waals surface area (Å²) in [5, 5.41) is 11.4. The van der Waals surface area contributed by atoms with Gasteiger partial charge in [-0.15, -0.1) is 0 Å². The number of rotatable bonds is 4. The summed E-state index contributed by atoms with van der Waals surface area (Å²) in [7, 11) is 0. The fraction of sp³-hybridized carbons (Fsp3) is 0.429. The second-order valence-corrected chi connectivity index (χ2v) is 4.91. The summed E-state index contributed by atoms with van der Waals surface area (Å²) < 4.78 is 0. The molecule has 0 bridgehead atoms. The number of carboxylic acid groups (broad SMARTS) is 1. The van der Waals surface area contributed by atoms with Crippen LogP contribution in [-0.2, 0) is 9.59 Å². The van der Waals surface area contributed by atoms with Crippen molar-refractivity contribution in [1.82, 2.24) is 9.88 Å². The lowest BCUT2D eigenvalue weighted by Crippen LogP contribution is -2.37. The van der Waals surface area contributed by atoms with Gasteiger partial charge in [-0.1, -0.05) is 6.42 Å². The number of anilines is 1. The lowest BCUT2D eigenvalue weighted by atomic mass is 10.2. The van der Waals surface area contributed by atoms with Gasteiger partial charge >= 0.3 is 5.97 Å². The van der Waals surface area contributed by atoms with Crippen LogP contribution in [0, 0.1) is 0 Å². The average molecular weight is 291 g/mol. The highest BCUT2D eigenvalue weighted by atomic mass is 16.4. The molecule has 0 radical (unpaired) electrons. The summed E-state index contributed by atoms with van der Waals surface area (Å²) >= 11 is 0. The van der Waals surface area contributed by atoms with E-state index >= 15 is 0 Å². The van der Waals surface area contributed by atoms with Crippen molar-refractivity contribution in [3.63, 3.8) is 0 Å². The van der Waals surface area contributed by atoms with E-state index in [0.29, 0.717) is 13.0 Å². The van der Waals surface area contributed by atoms with E-state index in [1.54, 1.807) is 0 Å². The molecule has 1 aliphatic rings. The number of carboxylic acids is 1. The maximum absolute atomic E-state index is 11.9. The molecule has 1 aliphatic heterocycles. The molecule has 0 aromatic carbocycles. The Morgan fingerprint density at radius 2 is 2.14 bits per heavy atom. The number of aromatic carboxylic acids is 1. The number of hydrogen-bond donors (Lipinski definition) is 2. The quantitative estimate of drug-likeness (QED) is 0.866. The van der Waals surface area contributed by atoms with Crippen molar-refractivity contribution in [2.45, 2.75) is 25.7 Å². The number of amides is 2. The third-order valence-corrected chi connectivity index (χ3v) is 3.28. The highest BCUT2D eigenvalue weighted by Crippen LogP contribution is 2.11. The van der Waals surface area contributed by atoms with Gasteiger partial charge in [-0.2, -0.15) is 0 Å². The minimum absolute atomic E-state index is 0.0186. The summed E-state index contributed by atoms with van der Waals surface area (Å²) in [6.45, 7) is 0.548. The number of carbonyl (C=O) groups is 3. The Bertz CT molecular complexity index is 559. The van der Waals surface area contributed by atoms with Gasteiger partial charge in [0, 0.05) is 19.2 Å². The van der Waals surface area contributed by atoms with Crippen molar-refractivity contribution in [1.29, 1.82) is 0 Å². The van der Waals surface area contributed by atoms with Crippen LogP contribution < -0.4 is 5.32 Å². The van der Waals surface area contributed by atoms with Gasteiger partial charge in [-0.25, -0.2) is 9.78 Å². The molecule has 1 fully saturated rings. The number of nitrogens with zero attached hydrogens (tertiary/aromatic N) is 2. The van der Waals surface area contributed by atoms with E-state index in [2.05, 4.69) is 10.3 Å². The molecule has 0 saturated carbocycles. The standard InChI is InChI=1S/C14H17N3O4/c18-12(9-17-7-3-1-2-4-13(17)19)16-11-8-10(14(20)21)5-6-15-11/h5-6,8H,1-4,7,9H2,(H,20,21)(H,15,16,18). The summed E-state index contributed by atoms with van der Waals surface area (Å²) in [5.41, 5.74) is 0.0474. The average Bonchev–Trinajstić information content (AvgIpc) is 2.64. The Balaban J connectivity index is 1.96. The van der Waals surface area contributed by atoms with Gasteiger partial charge in [0.1, 0.15) is 5.82 Å². The van der Waals surface area contributed by atoms with E-state index < -0.39 is 5.97 Å². The van der Waals surface area contributed by atoms with E-state index in [1.165, 1.54) is 23.2 Å². The summed E-state index contributed by atoms with van der Waals surface area (Å²) in [4.78, 5) is 40.0. The molecule has 2 amide bonds. The SMILES string of the molecule is O=C(CN1CCCCCC1=O)Nc1cc(C(=O)O)ccn1. The molecule has 0 aliphatic carbocycles. The van der Waals surface area contributed by atoms with E-state index in [4.69, 9.17) is 5.11 Å². The van der Waals surface area contributed by atoms with Crippen LogP contribution >= 0.6 is 0 Å². The third-order valence-electron chi connectivity index (χ3n) is 3.28. The fourth-order valence-corrected chi connectivity index (χ4v) is 2.19. The number of nitrogens with one attached hydrogen (secondary N) is 1. The Labute approximate surface area is 122 Å². The first kappa shape index (κ1) is 15.0. The van der Waals surface area contributed by atoms with E-state index in [0.717, 1.165) is 19.3 Å². The molecular weight excluding hydrogens is 274 g/mol. The zero-order chi connectivity index (χ0) is 15.2. The minimum Gasteiger partial charge on any atom is -0.478 e. The molecule has 2 heterocycles. The zero-order valence-corrected chi connectivity index (χ0v) is 11.5. The molecule has 7 nitrogen and oxygen atoms in total. The van der Waals surface area contributed by atoms with Crippen LogP contribution in [0.15, 0.2) is 18.3 Å². The normalized spacial score (nSPS) is 15.4. The topological polar surface area (TPSA) is 99.6 Å². The Morgan fingerprint density at radius 3 is 2.90 bits per heavy atom. The van der Waals surface area contributed by atoms with Gasteiger partial charge in [0.15, 0.2) is 0 Å². The Morgan fingerprint density at radius 1 is 1.33 bits per heavy atom. The van der Waals surface area contributed by atoms with Crippen molar-refractivity contribution < 1.29 is 19.5 Å². The highest BCUT2D eigenvalue weighted by Gasteiger charge is 2.19. The number of likely N-dealkylation sites (tertiary alicyclic amines) is 1. The maximum atomic E-state index is 11.9. The zero-order valence-electron chi connectivity index (χ0n) is 11.5. The van der Waals surface area contributed by atoms with Gasteiger partial charge in [0.05, 0.1) is 12.1 Å². The summed E-state index contributed by atoms with van der Waals surface area (Å²) in [6, 6.07) is 2.63. The fourth-order valence-electron chi connectivity index (χ4n) is 2.19. The molecule has 21 heavy (non-hydrogen) atoms. The first-order valence-corrected chi connectivity index (χ1v) is 6.83. The van der Waals surface area contributed by atoms with Gasteiger partial charge in [0.25, 0.3) is 0 Å². The van der Waals surface area contributed by atoms with E-state index in [1.807, 2.05) is 0 Å². The molecular formula is C14H17N3O4. The van der Waals surface area contributed by atoms with Crippen molar-refractivity contribution in [2.24, 2.45) is 0 Å². The second kappa shape index (κ2) is 6.83. The maximum Gasteiger partial charge on any atom is 0.335 e. The van der Waals surface area contributed by atoms with Crippen LogP contribution in [0.4, 0.5) is 5.82 Å². The van der Waals surface area contributed by atoms with E-state index in [9.17, 15) is 14.4 Å². The molecule has 0 atom stereocenters. The highest BCUT2D eigenvalue weighted by molar-refractivity contribution is 5.95. The van der Waals surface area contributed by atoms with Crippen LogP contribution in [0.1, 0.15) is 36.0 Å². The van der Waals surface area contributed by atoms with Crippen LogP contribution in [0.2, 0.25) is 0 Å². The largest absolute Gasteiger partial charge is 0.478 e. The predicted molar refractivity (Wildman–Crippen MR) is 74.9 cm³/mol. The van der Waals surface area contributed by atoms with Gasteiger partial charge in [-0.3, -0.25) is 9.59 Å². The molecule has 112 valence electrons. The molecule has 2 rings (SSSR count). The first-order valence-electron chi connectivity index (χ1n) is 6.83. The van der Waals surface area contributed by atoms with Gasteiger partial charge in [0.2, 0.25) is 11.8 Å². The Hall–Kier alpha value is -2.44. The molecule has 0 spiro atoms. The number of hydrogen-bond acceptors (Lipinski definition) is 4. The van der Waals surface area contributed by atoms with Crippen LogP contribution in [0.25, 0.3) is 0 Å². The van der Waals surface area contributed by atoms with Crippen molar-refractivity contribution in [2.75, 3.05) is 18.4 Å². The third kappa shape index (κ3) is 4.27. The molecule has 7 heteroatoms. The molecule has 0 unspecified atom stereocenters. The molecule has 1 aromatic heterocycles. The van der Waals surface area contributed by atoms with Crippen LogP contribution in [-0.4, -0.2) is 45.9 Å². The smallest absolute Gasteiger partial charge is 0.335 e. The van der Waals surface area contributed by atoms with Crippen molar-refractivity contribution >= 4 is 23.6 Å². The number of pyridine rings is 1. The molecule has 2 N–H and O–H groups in total. The lowest BCUT2D eigenvalue weighted by molar-refractivity contribution is -0.134. The van der Waals surface area contributed by atoms with E-state index in [-0.39, 0.29) is 29.7 Å². The van der Waals surface area contributed by atoms with Crippen LogP contribution in [0.3, 0.4) is 0 Å². The summed E-state index contributed by atoms with van der Waals surface area (Å²) in [5.74, 6) is -1.31. The van der Waals surface area contributed by atoms with Crippen molar-refractivity contribution in [3.8, 4) is 0 Å². The Kier molecular flexibility index (Phi) is 4.86. The van der Waals surface area contributed by atoms with Gasteiger partial charge < -0.3 is 15.3 Å². The number of carbonyl (C=O) groups excluding carboxylic acids is 2. The minimum atomic E-state index is -1.09. The summed E-state index contributed by atoms with van der Waals surface area (Å²) in [6.07, 6.45) is 4.53. The lowest BCUT2D eigenvalue weighted by Gasteiger charge is -2.19. The van der Waals surface area contributed by atoms with Crippen LogP contribution in [0.5, 0.6) is 0 Å². The van der Waals surface area contributed by atoms with Gasteiger partial charge in [-0.05, 0) is 25.0 Å². The second-order valence-electron chi connectivity index (χ2n) is 4.91. The monoisotopic (exact) mass is 291 g/mol. The predicted octanol–water partition coefficient (Wildman–Crippen LogP) is 1.12. The molecule has 1 aromatic rings. The molecule has 1 saturated heterocycles. The van der Waals surface area contributed by atoms with Crippen molar-refractivity contribution in [3.05, 3.63) is 23.9 Å². The first-order chi connectivity index (χ1) is 10.1. The number of aromatic nitrogens is 1.